The summed E-state index contributed by atoms with van der Waals surface area (Å²) in [5.41, 5.74) is 1.79. The third-order valence-electron chi connectivity index (χ3n) is 4.15. The Balaban J connectivity index is 1.74. The molecule has 2 heterocycles. The predicted octanol–water partition coefficient (Wildman–Crippen LogP) is 4.99. The molecule has 0 saturated carbocycles. The standard InChI is InChI=1S/C18H18Cl3N5O/c1-3-16(26-10-14(20)8-22-26)18(27)23-17-6-11(2)25(24-17)9-12-4-5-13(19)7-15(12)21/h4-8,10,16H,3,9H2,1-2H3,(H,23,24,27). The number of anilines is 1. The average Bonchev–Trinajstić information content (AvgIpc) is 3.17. The first-order valence-corrected chi connectivity index (χ1v) is 9.49. The van der Waals surface area contributed by atoms with E-state index in [2.05, 4.69) is 15.5 Å². The number of aromatic nitrogens is 4. The summed E-state index contributed by atoms with van der Waals surface area (Å²) < 4.78 is 3.32. The molecule has 0 aliphatic heterocycles. The first kappa shape index (κ1) is 19.7. The Morgan fingerprint density at radius 3 is 2.63 bits per heavy atom. The van der Waals surface area contributed by atoms with Crippen molar-refractivity contribution in [2.24, 2.45) is 0 Å². The predicted molar refractivity (Wildman–Crippen MR) is 108 cm³/mol. The van der Waals surface area contributed by atoms with Crippen LogP contribution in [0.2, 0.25) is 15.1 Å². The molecule has 6 nitrogen and oxygen atoms in total. The minimum Gasteiger partial charge on any atom is -0.307 e. The summed E-state index contributed by atoms with van der Waals surface area (Å²) in [6, 6.07) is 6.68. The van der Waals surface area contributed by atoms with Gasteiger partial charge in [0.15, 0.2) is 5.82 Å². The third-order valence-corrected chi connectivity index (χ3v) is 4.93. The van der Waals surface area contributed by atoms with Gasteiger partial charge in [-0.3, -0.25) is 14.2 Å². The number of benzene rings is 1. The van der Waals surface area contributed by atoms with E-state index in [0.717, 1.165) is 11.3 Å². The first-order valence-electron chi connectivity index (χ1n) is 8.36. The number of hydrogen-bond acceptors (Lipinski definition) is 3. The van der Waals surface area contributed by atoms with Gasteiger partial charge in [0.1, 0.15) is 6.04 Å². The Labute approximate surface area is 172 Å². The topological polar surface area (TPSA) is 64.7 Å². The maximum absolute atomic E-state index is 12.6. The normalized spacial score (nSPS) is 12.2. The van der Waals surface area contributed by atoms with Gasteiger partial charge in [0.25, 0.3) is 0 Å². The summed E-state index contributed by atoms with van der Waals surface area (Å²) in [5.74, 6) is 0.269. The molecule has 142 valence electrons. The van der Waals surface area contributed by atoms with E-state index in [0.29, 0.717) is 33.9 Å². The fraction of sp³-hybridized carbons (Fsp3) is 0.278. The molecule has 1 unspecified atom stereocenters. The smallest absolute Gasteiger partial charge is 0.250 e. The Bertz CT molecular complexity index is 966. The van der Waals surface area contributed by atoms with Crippen LogP contribution in [0.1, 0.15) is 30.6 Å². The number of rotatable bonds is 6. The van der Waals surface area contributed by atoms with Gasteiger partial charge in [0.2, 0.25) is 5.91 Å². The van der Waals surface area contributed by atoms with Crippen LogP contribution in [0.3, 0.4) is 0 Å². The zero-order chi connectivity index (χ0) is 19.6. The van der Waals surface area contributed by atoms with Crippen LogP contribution >= 0.6 is 34.8 Å². The Morgan fingerprint density at radius 1 is 1.22 bits per heavy atom. The highest BCUT2D eigenvalue weighted by atomic mass is 35.5. The summed E-state index contributed by atoms with van der Waals surface area (Å²) in [7, 11) is 0. The van der Waals surface area contributed by atoms with E-state index in [1.165, 1.54) is 6.20 Å². The molecule has 0 spiro atoms. The summed E-state index contributed by atoms with van der Waals surface area (Å²) in [5, 5.41) is 13.1. The lowest BCUT2D eigenvalue weighted by atomic mass is 10.2. The number of hydrogen-bond donors (Lipinski definition) is 1. The van der Waals surface area contributed by atoms with Gasteiger partial charge in [-0.1, -0.05) is 47.8 Å². The highest BCUT2D eigenvalue weighted by Crippen LogP contribution is 2.23. The van der Waals surface area contributed by atoms with Crippen LogP contribution < -0.4 is 5.32 Å². The second-order valence-corrected chi connectivity index (χ2v) is 7.40. The Kier molecular flexibility index (Phi) is 6.09. The lowest BCUT2D eigenvalue weighted by Crippen LogP contribution is -2.26. The first-order chi connectivity index (χ1) is 12.9. The number of nitrogens with zero attached hydrogens (tertiary/aromatic N) is 4. The molecular weight excluding hydrogens is 409 g/mol. The molecule has 1 N–H and O–H groups in total. The molecule has 0 bridgehead atoms. The Hall–Kier alpha value is -2.02. The number of carbonyl (C=O) groups is 1. The van der Waals surface area contributed by atoms with E-state index in [-0.39, 0.29) is 5.91 Å². The molecule has 3 rings (SSSR count). The van der Waals surface area contributed by atoms with Gasteiger partial charge in [-0.2, -0.15) is 10.2 Å². The number of carbonyl (C=O) groups excluding carboxylic acids is 1. The molecule has 1 atom stereocenters. The van der Waals surface area contributed by atoms with Crippen molar-refractivity contribution in [3.05, 3.63) is 63.0 Å². The highest BCUT2D eigenvalue weighted by Gasteiger charge is 2.21. The van der Waals surface area contributed by atoms with E-state index in [1.54, 1.807) is 27.7 Å². The van der Waals surface area contributed by atoms with Gasteiger partial charge in [0, 0.05) is 28.0 Å². The molecule has 0 aliphatic carbocycles. The number of halogens is 3. The van der Waals surface area contributed by atoms with E-state index < -0.39 is 6.04 Å². The maximum Gasteiger partial charge on any atom is 0.250 e. The van der Waals surface area contributed by atoms with Crippen molar-refractivity contribution in [2.75, 3.05) is 5.32 Å². The minimum absolute atomic E-state index is 0.202. The van der Waals surface area contributed by atoms with E-state index >= 15 is 0 Å². The average molecular weight is 427 g/mol. The summed E-state index contributed by atoms with van der Waals surface area (Å²) in [6.45, 7) is 4.30. The van der Waals surface area contributed by atoms with Gasteiger partial charge in [-0.15, -0.1) is 0 Å². The zero-order valence-electron chi connectivity index (χ0n) is 14.8. The fourth-order valence-corrected chi connectivity index (χ4v) is 3.34. The van der Waals surface area contributed by atoms with Crippen LogP contribution in [-0.4, -0.2) is 25.5 Å². The van der Waals surface area contributed by atoms with Gasteiger partial charge in [0.05, 0.1) is 17.8 Å². The van der Waals surface area contributed by atoms with Gasteiger partial charge < -0.3 is 5.32 Å². The lowest BCUT2D eigenvalue weighted by Gasteiger charge is -2.14. The molecule has 1 aromatic carbocycles. The molecule has 1 amide bonds. The number of aryl methyl sites for hydroxylation is 1. The van der Waals surface area contributed by atoms with E-state index in [4.69, 9.17) is 34.8 Å². The third kappa shape index (κ3) is 4.64. The van der Waals surface area contributed by atoms with Crippen LogP contribution in [0.25, 0.3) is 0 Å². The highest BCUT2D eigenvalue weighted by molar-refractivity contribution is 6.35. The fourth-order valence-electron chi connectivity index (χ4n) is 2.73. The van der Waals surface area contributed by atoms with Crippen molar-refractivity contribution in [3.8, 4) is 0 Å². The van der Waals surface area contributed by atoms with Gasteiger partial charge in [-0.25, -0.2) is 0 Å². The maximum atomic E-state index is 12.6. The van der Waals surface area contributed by atoms with Crippen molar-refractivity contribution in [2.45, 2.75) is 32.9 Å². The molecule has 2 aromatic heterocycles. The quantitative estimate of drug-likeness (QED) is 0.604. The summed E-state index contributed by atoms with van der Waals surface area (Å²) >= 11 is 18.1. The molecule has 0 aliphatic rings. The van der Waals surface area contributed by atoms with Crippen molar-refractivity contribution < 1.29 is 4.79 Å². The molecule has 0 radical (unpaired) electrons. The van der Waals surface area contributed by atoms with Crippen LogP contribution in [0.5, 0.6) is 0 Å². The van der Waals surface area contributed by atoms with Gasteiger partial charge in [-0.05, 0) is 31.0 Å². The molecule has 9 heteroatoms. The number of nitrogens with one attached hydrogen (secondary N) is 1. The van der Waals surface area contributed by atoms with Crippen molar-refractivity contribution >= 4 is 46.5 Å². The molecular formula is C18H18Cl3N5O. The van der Waals surface area contributed by atoms with Crippen molar-refractivity contribution in [1.29, 1.82) is 0 Å². The van der Waals surface area contributed by atoms with Crippen LogP contribution in [0.4, 0.5) is 5.82 Å². The minimum atomic E-state index is -0.464. The summed E-state index contributed by atoms with van der Waals surface area (Å²) in [4.78, 5) is 12.6. The molecule has 0 saturated heterocycles. The monoisotopic (exact) mass is 425 g/mol. The van der Waals surface area contributed by atoms with E-state index in [1.807, 2.05) is 26.0 Å². The number of amides is 1. The van der Waals surface area contributed by atoms with Crippen molar-refractivity contribution in [3.63, 3.8) is 0 Å². The largest absolute Gasteiger partial charge is 0.307 e. The van der Waals surface area contributed by atoms with E-state index in [9.17, 15) is 4.79 Å². The SMILES string of the molecule is CCC(C(=O)Nc1cc(C)n(Cc2ccc(Cl)cc2Cl)n1)n1cc(Cl)cn1. The second-order valence-electron chi connectivity index (χ2n) is 6.12. The Morgan fingerprint density at radius 2 is 2.00 bits per heavy atom. The molecule has 27 heavy (non-hydrogen) atoms. The van der Waals surface area contributed by atoms with Gasteiger partial charge >= 0.3 is 0 Å². The lowest BCUT2D eigenvalue weighted by molar-refractivity contribution is -0.119. The molecule has 3 aromatic rings. The summed E-state index contributed by atoms with van der Waals surface area (Å²) in [6.07, 6.45) is 3.71. The van der Waals surface area contributed by atoms with Crippen LogP contribution in [-0.2, 0) is 11.3 Å². The molecule has 0 fully saturated rings. The zero-order valence-corrected chi connectivity index (χ0v) is 17.1. The van der Waals surface area contributed by atoms with Crippen LogP contribution in [0, 0.1) is 6.92 Å². The van der Waals surface area contributed by atoms with Crippen molar-refractivity contribution in [1.82, 2.24) is 19.6 Å². The second kappa shape index (κ2) is 8.33. The van der Waals surface area contributed by atoms with Crippen LogP contribution in [0.15, 0.2) is 36.7 Å².